The van der Waals surface area contributed by atoms with Crippen molar-refractivity contribution in [2.75, 3.05) is 20.3 Å². The average Bonchev–Trinajstić information content (AvgIpc) is 2.25. The normalized spacial score (nSPS) is 31.3. The molecule has 1 N–H and O–H groups in total. The fraction of sp³-hybridized carbons (Fsp3) is 1.00. The van der Waals surface area contributed by atoms with Crippen LogP contribution in [0.4, 0.5) is 4.39 Å². The first kappa shape index (κ1) is 13.9. The fourth-order valence-corrected chi connectivity index (χ4v) is 2.91. The van der Waals surface area contributed by atoms with E-state index in [1.165, 1.54) is 0 Å². The Labute approximate surface area is 98.8 Å². The van der Waals surface area contributed by atoms with Gasteiger partial charge in [-0.05, 0) is 44.6 Å². The van der Waals surface area contributed by atoms with Crippen molar-refractivity contribution in [3.8, 4) is 0 Å². The van der Waals surface area contributed by atoms with Crippen LogP contribution in [0.2, 0.25) is 0 Å². The molecule has 1 aliphatic carbocycles. The van der Waals surface area contributed by atoms with Crippen LogP contribution in [0.15, 0.2) is 0 Å². The van der Waals surface area contributed by atoms with Gasteiger partial charge in [0, 0.05) is 12.6 Å². The predicted octanol–water partition coefficient (Wildman–Crippen LogP) is 2.46. The van der Waals surface area contributed by atoms with Crippen molar-refractivity contribution in [1.29, 1.82) is 0 Å². The molecule has 1 fully saturated rings. The lowest BCUT2D eigenvalue weighted by atomic mass is 9.76. The lowest BCUT2D eigenvalue weighted by molar-refractivity contribution is 0.0214. The van der Waals surface area contributed by atoms with Gasteiger partial charge in [-0.15, -0.1) is 0 Å². The Morgan fingerprint density at radius 3 is 2.62 bits per heavy atom. The molecule has 0 spiro atoms. The van der Waals surface area contributed by atoms with E-state index in [0.29, 0.717) is 24.3 Å². The van der Waals surface area contributed by atoms with Crippen LogP contribution in [0.1, 0.15) is 39.5 Å². The van der Waals surface area contributed by atoms with Gasteiger partial charge in [-0.25, -0.2) is 0 Å². The maximum absolute atomic E-state index is 12.2. The summed E-state index contributed by atoms with van der Waals surface area (Å²) < 4.78 is 12.2. The lowest BCUT2D eigenvalue weighted by Gasteiger charge is -2.41. The van der Waals surface area contributed by atoms with Gasteiger partial charge in [0.15, 0.2) is 0 Å². The van der Waals surface area contributed by atoms with Crippen molar-refractivity contribution in [1.82, 2.24) is 4.90 Å². The summed E-state index contributed by atoms with van der Waals surface area (Å²) in [5.41, 5.74) is 0. The highest BCUT2D eigenvalue weighted by molar-refractivity contribution is 4.87. The van der Waals surface area contributed by atoms with Crippen LogP contribution >= 0.6 is 0 Å². The molecular formula is C13H26FNO. The topological polar surface area (TPSA) is 23.5 Å². The van der Waals surface area contributed by atoms with Crippen molar-refractivity contribution in [2.45, 2.75) is 51.7 Å². The Bertz CT molecular complexity index is 198. The van der Waals surface area contributed by atoms with Crippen LogP contribution in [0, 0.1) is 11.8 Å². The van der Waals surface area contributed by atoms with Gasteiger partial charge in [0.25, 0.3) is 0 Å². The van der Waals surface area contributed by atoms with Gasteiger partial charge < -0.3 is 10.0 Å². The molecule has 3 atom stereocenters. The second-order valence-corrected chi connectivity index (χ2v) is 5.47. The van der Waals surface area contributed by atoms with Crippen LogP contribution in [-0.2, 0) is 0 Å². The first-order chi connectivity index (χ1) is 7.56. The van der Waals surface area contributed by atoms with Gasteiger partial charge in [0.2, 0.25) is 0 Å². The van der Waals surface area contributed by atoms with Gasteiger partial charge >= 0.3 is 0 Å². The average molecular weight is 231 g/mol. The smallest absolute Gasteiger partial charge is 0.0906 e. The van der Waals surface area contributed by atoms with Crippen molar-refractivity contribution in [3.05, 3.63) is 0 Å². The Kier molecular flexibility index (Phi) is 5.70. The maximum atomic E-state index is 12.2. The quantitative estimate of drug-likeness (QED) is 0.785. The molecule has 0 saturated heterocycles. The Hall–Kier alpha value is -0.150. The summed E-state index contributed by atoms with van der Waals surface area (Å²) in [6.07, 6.45) is 3.33. The third kappa shape index (κ3) is 3.70. The van der Waals surface area contributed by atoms with E-state index in [1.807, 2.05) is 0 Å². The molecule has 0 aromatic heterocycles. The van der Waals surface area contributed by atoms with E-state index in [9.17, 15) is 9.50 Å². The standard InChI is InChI=1S/C13H26FNO/c1-10(2)12-6-5-11(16)9-13(12)15(3)8-4-7-14/h10-13,16H,4-9H2,1-3H3. The summed E-state index contributed by atoms with van der Waals surface area (Å²) in [6, 6.07) is 0.426. The van der Waals surface area contributed by atoms with Crippen molar-refractivity contribution in [2.24, 2.45) is 11.8 Å². The molecule has 3 heteroatoms. The van der Waals surface area contributed by atoms with E-state index in [-0.39, 0.29) is 12.8 Å². The van der Waals surface area contributed by atoms with Gasteiger partial charge in [0.1, 0.15) is 0 Å². The molecule has 0 heterocycles. The van der Waals surface area contributed by atoms with E-state index in [1.54, 1.807) is 0 Å². The molecule has 1 rings (SSSR count). The third-order valence-electron chi connectivity index (χ3n) is 3.91. The SMILES string of the molecule is CC(C)C1CCC(O)CC1N(C)CCCF. The summed E-state index contributed by atoms with van der Waals surface area (Å²) in [5.74, 6) is 1.29. The zero-order chi connectivity index (χ0) is 12.1. The number of hydrogen-bond donors (Lipinski definition) is 1. The summed E-state index contributed by atoms with van der Waals surface area (Å²) in [7, 11) is 2.06. The molecule has 0 radical (unpaired) electrons. The van der Waals surface area contributed by atoms with E-state index in [2.05, 4.69) is 25.8 Å². The molecule has 0 aliphatic heterocycles. The highest BCUT2D eigenvalue weighted by Gasteiger charge is 2.33. The second kappa shape index (κ2) is 6.55. The molecular weight excluding hydrogens is 205 g/mol. The number of aliphatic hydroxyl groups is 1. The number of aliphatic hydroxyl groups excluding tert-OH is 1. The van der Waals surface area contributed by atoms with Crippen LogP contribution in [0.25, 0.3) is 0 Å². The molecule has 0 aromatic carbocycles. The lowest BCUT2D eigenvalue weighted by Crippen LogP contribution is -2.46. The summed E-state index contributed by atoms with van der Waals surface area (Å²) in [4.78, 5) is 2.24. The van der Waals surface area contributed by atoms with Gasteiger partial charge in [-0.2, -0.15) is 0 Å². The Morgan fingerprint density at radius 1 is 1.38 bits per heavy atom. The fourth-order valence-electron chi connectivity index (χ4n) is 2.91. The molecule has 1 aliphatic rings. The number of rotatable bonds is 5. The number of halogens is 1. The van der Waals surface area contributed by atoms with E-state index >= 15 is 0 Å². The summed E-state index contributed by atoms with van der Waals surface area (Å²) in [5, 5.41) is 9.75. The minimum Gasteiger partial charge on any atom is -0.393 e. The maximum Gasteiger partial charge on any atom is 0.0906 e. The van der Waals surface area contributed by atoms with E-state index in [4.69, 9.17) is 0 Å². The van der Waals surface area contributed by atoms with Crippen molar-refractivity contribution in [3.63, 3.8) is 0 Å². The van der Waals surface area contributed by atoms with Gasteiger partial charge in [-0.3, -0.25) is 4.39 Å². The van der Waals surface area contributed by atoms with Crippen LogP contribution < -0.4 is 0 Å². The second-order valence-electron chi connectivity index (χ2n) is 5.47. The molecule has 1 saturated carbocycles. The highest BCUT2D eigenvalue weighted by Crippen LogP contribution is 2.33. The molecule has 2 nitrogen and oxygen atoms in total. The number of nitrogens with zero attached hydrogens (tertiary/aromatic N) is 1. The van der Waals surface area contributed by atoms with Crippen LogP contribution in [-0.4, -0.2) is 42.4 Å². The van der Waals surface area contributed by atoms with Gasteiger partial charge in [-0.1, -0.05) is 13.8 Å². The van der Waals surface area contributed by atoms with E-state index < -0.39 is 0 Å². The van der Waals surface area contributed by atoms with Crippen LogP contribution in [0.5, 0.6) is 0 Å². The first-order valence-electron chi connectivity index (χ1n) is 6.50. The number of hydrogen-bond acceptors (Lipinski definition) is 2. The minimum atomic E-state index is -0.244. The van der Waals surface area contributed by atoms with Crippen LogP contribution in [0.3, 0.4) is 0 Å². The number of alkyl halides is 1. The van der Waals surface area contributed by atoms with E-state index in [0.717, 1.165) is 25.8 Å². The molecule has 0 aromatic rings. The monoisotopic (exact) mass is 231 g/mol. The molecule has 0 amide bonds. The van der Waals surface area contributed by atoms with Crippen molar-refractivity contribution >= 4 is 0 Å². The molecule has 3 unspecified atom stereocenters. The molecule has 0 bridgehead atoms. The minimum absolute atomic E-state index is 0.159. The largest absolute Gasteiger partial charge is 0.393 e. The summed E-state index contributed by atoms with van der Waals surface area (Å²) >= 11 is 0. The Morgan fingerprint density at radius 2 is 2.06 bits per heavy atom. The van der Waals surface area contributed by atoms with Crippen molar-refractivity contribution < 1.29 is 9.50 Å². The molecule has 16 heavy (non-hydrogen) atoms. The van der Waals surface area contributed by atoms with Gasteiger partial charge in [0.05, 0.1) is 12.8 Å². The predicted molar refractivity (Wildman–Crippen MR) is 65.2 cm³/mol. The summed E-state index contributed by atoms with van der Waals surface area (Å²) in [6.45, 7) is 5.06. The zero-order valence-corrected chi connectivity index (χ0v) is 10.8. The first-order valence-corrected chi connectivity index (χ1v) is 6.50. The highest BCUT2D eigenvalue weighted by atomic mass is 19.1. The molecule has 96 valence electrons. The zero-order valence-electron chi connectivity index (χ0n) is 10.8. The third-order valence-corrected chi connectivity index (χ3v) is 3.91. The Balaban J connectivity index is 2.56.